The first kappa shape index (κ1) is 26.4. The number of nitrogens with zero attached hydrogens (tertiary/aromatic N) is 4. The Bertz CT molecular complexity index is 1270. The van der Waals surface area contributed by atoms with Gasteiger partial charge in [0.2, 0.25) is 11.8 Å². The van der Waals surface area contributed by atoms with E-state index in [4.69, 9.17) is 11.6 Å². The second-order valence-corrected chi connectivity index (χ2v) is 10.8. The molecule has 0 N–H and O–H groups in total. The van der Waals surface area contributed by atoms with Crippen molar-refractivity contribution in [3.8, 4) is 0 Å². The SMILES string of the molecule is CC(=O)N1CCC2CCC(CN(C(=O)CCc3ccccc3Cl)Cc3ccccc31)N2Cc1cccnc1. The number of aromatic nitrogens is 1. The standard InChI is InChI=1S/C31H35ClN4O2/c1-23(37)35-18-16-27-13-14-28(36(27)20-24-7-6-17-33-19-24)22-34(21-26-9-3-5-11-30(26)35)31(38)15-12-25-8-2-4-10-29(25)32/h2-11,17,19,27-28H,12-16,18,20-22H2,1H3. The number of hydrogen-bond donors (Lipinski definition) is 0. The molecule has 5 rings (SSSR count). The van der Waals surface area contributed by atoms with Gasteiger partial charge in [-0.1, -0.05) is 54.1 Å². The first-order valence-electron chi connectivity index (χ1n) is 13.5. The number of carbonyl (C=O) groups excluding carboxylic acids is 2. The summed E-state index contributed by atoms with van der Waals surface area (Å²) in [6, 6.07) is 20.4. The van der Waals surface area contributed by atoms with E-state index in [2.05, 4.69) is 16.0 Å². The van der Waals surface area contributed by atoms with E-state index in [1.54, 1.807) is 13.1 Å². The molecule has 0 saturated carbocycles. The Balaban J connectivity index is 1.45. The minimum atomic E-state index is 0.0293. The number of aryl methyl sites for hydroxylation is 1. The second kappa shape index (κ2) is 12.1. The summed E-state index contributed by atoms with van der Waals surface area (Å²) >= 11 is 6.38. The van der Waals surface area contributed by atoms with Gasteiger partial charge >= 0.3 is 0 Å². The predicted molar refractivity (Wildman–Crippen MR) is 151 cm³/mol. The van der Waals surface area contributed by atoms with Gasteiger partial charge in [0.05, 0.1) is 0 Å². The van der Waals surface area contributed by atoms with E-state index in [1.165, 1.54) is 5.56 Å². The van der Waals surface area contributed by atoms with Gasteiger partial charge in [-0.05, 0) is 60.6 Å². The Kier molecular flexibility index (Phi) is 8.40. The molecular formula is C31H35ClN4O2. The summed E-state index contributed by atoms with van der Waals surface area (Å²) in [4.78, 5) is 37.3. The Morgan fingerprint density at radius 1 is 0.974 bits per heavy atom. The first-order valence-corrected chi connectivity index (χ1v) is 13.9. The zero-order chi connectivity index (χ0) is 26.5. The fourth-order valence-electron chi connectivity index (χ4n) is 5.93. The molecule has 1 saturated heterocycles. The lowest BCUT2D eigenvalue weighted by atomic mass is 10.1. The predicted octanol–water partition coefficient (Wildman–Crippen LogP) is 5.49. The number of rotatable bonds is 5. The summed E-state index contributed by atoms with van der Waals surface area (Å²) in [6.45, 7) is 4.22. The van der Waals surface area contributed by atoms with Gasteiger partial charge in [0.1, 0.15) is 0 Å². The van der Waals surface area contributed by atoms with Crippen LogP contribution in [0, 0.1) is 0 Å². The molecule has 0 spiro atoms. The molecule has 2 aromatic carbocycles. The van der Waals surface area contributed by atoms with Crippen LogP contribution in [0.25, 0.3) is 0 Å². The minimum absolute atomic E-state index is 0.0293. The Morgan fingerprint density at radius 3 is 2.55 bits per heavy atom. The lowest BCUT2D eigenvalue weighted by Gasteiger charge is -2.34. The van der Waals surface area contributed by atoms with E-state index < -0.39 is 0 Å². The van der Waals surface area contributed by atoms with Crippen molar-refractivity contribution in [3.63, 3.8) is 0 Å². The first-order chi connectivity index (χ1) is 18.5. The lowest BCUT2D eigenvalue weighted by Crippen LogP contribution is -2.45. The highest BCUT2D eigenvalue weighted by atomic mass is 35.5. The molecule has 2 aliphatic rings. The number of pyridine rings is 1. The second-order valence-electron chi connectivity index (χ2n) is 10.4. The fourth-order valence-corrected chi connectivity index (χ4v) is 6.16. The van der Waals surface area contributed by atoms with Crippen molar-refractivity contribution in [2.24, 2.45) is 0 Å². The van der Waals surface area contributed by atoms with E-state index >= 15 is 0 Å². The van der Waals surface area contributed by atoms with Gasteiger partial charge in [-0.15, -0.1) is 0 Å². The Hall–Kier alpha value is -3.22. The van der Waals surface area contributed by atoms with E-state index in [1.807, 2.05) is 70.6 Å². The molecule has 3 aromatic rings. The van der Waals surface area contributed by atoms with Gasteiger partial charge in [-0.2, -0.15) is 0 Å². The van der Waals surface area contributed by atoms with Crippen LogP contribution in [0.3, 0.4) is 0 Å². The third-order valence-corrected chi connectivity index (χ3v) is 8.29. The van der Waals surface area contributed by atoms with Gasteiger partial charge in [0.15, 0.2) is 0 Å². The van der Waals surface area contributed by atoms with Crippen LogP contribution in [0.15, 0.2) is 73.1 Å². The number of anilines is 1. The molecular weight excluding hydrogens is 496 g/mol. The molecule has 1 fully saturated rings. The number of benzene rings is 2. The van der Waals surface area contributed by atoms with Crippen LogP contribution in [0.1, 0.15) is 49.3 Å². The molecule has 38 heavy (non-hydrogen) atoms. The molecule has 2 unspecified atom stereocenters. The van der Waals surface area contributed by atoms with Crippen molar-refractivity contribution in [1.29, 1.82) is 0 Å². The molecule has 2 amide bonds. The Morgan fingerprint density at radius 2 is 1.76 bits per heavy atom. The third kappa shape index (κ3) is 6.08. The monoisotopic (exact) mass is 530 g/mol. The molecule has 198 valence electrons. The van der Waals surface area contributed by atoms with E-state index in [0.717, 1.165) is 42.6 Å². The molecule has 2 aliphatic heterocycles. The summed E-state index contributed by atoms with van der Waals surface area (Å²) in [7, 11) is 0. The summed E-state index contributed by atoms with van der Waals surface area (Å²) in [5.41, 5.74) is 4.07. The van der Waals surface area contributed by atoms with E-state index in [9.17, 15) is 9.59 Å². The van der Waals surface area contributed by atoms with Crippen molar-refractivity contribution in [2.45, 2.75) is 64.2 Å². The average molecular weight is 531 g/mol. The molecule has 0 radical (unpaired) electrons. The van der Waals surface area contributed by atoms with Gasteiger partial charge in [-0.3, -0.25) is 19.5 Å². The summed E-state index contributed by atoms with van der Waals surface area (Å²) in [6.07, 6.45) is 7.69. The van der Waals surface area contributed by atoms with Crippen molar-refractivity contribution >= 4 is 29.1 Å². The molecule has 2 atom stereocenters. The van der Waals surface area contributed by atoms with Crippen molar-refractivity contribution < 1.29 is 9.59 Å². The molecule has 6 nitrogen and oxygen atoms in total. The zero-order valence-corrected chi connectivity index (χ0v) is 22.7. The summed E-state index contributed by atoms with van der Waals surface area (Å²) < 4.78 is 0. The van der Waals surface area contributed by atoms with Crippen LogP contribution in [0.2, 0.25) is 5.02 Å². The van der Waals surface area contributed by atoms with Crippen molar-refractivity contribution in [1.82, 2.24) is 14.8 Å². The molecule has 1 aromatic heterocycles. The number of fused-ring (bicyclic) bond motifs is 3. The Labute approximate surface area is 230 Å². The van der Waals surface area contributed by atoms with Crippen LogP contribution in [0.5, 0.6) is 0 Å². The average Bonchev–Trinajstić information content (AvgIpc) is 3.28. The van der Waals surface area contributed by atoms with Gasteiger partial charge < -0.3 is 9.80 Å². The van der Waals surface area contributed by atoms with Crippen LogP contribution >= 0.6 is 11.6 Å². The number of hydrogen-bond acceptors (Lipinski definition) is 4. The normalized spacial score (nSPS) is 20.1. The maximum atomic E-state index is 13.8. The van der Waals surface area contributed by atoms with Crippen molar-refractivity contribution in [2.75, 3.05) is 18.0 Å². The van der Waals surface area contributed by atoms with Crippen LogP contribution < -0.4 is 4.90 Å². The minimum Gasteiger partial charge on any atom is -0.337 e. The zero-order valence-electron chi connectivity index (χ0n) is 21.9. The number of para-hydroxylation sites is 1. The van der Waals surface area contributed by atoms with Crippen molar-refractivity contribution in [3.05, 3.63) is 94.8 Å². The molecule has 7 heteroatoms. The van der Waals surface area contributed by atoms with Crippen LogP contribution in [-0.2, 0) is 29.1 Å². The van der Waals surface area contributed by atoms with Gasteiger partial charge in [-0.25, -0.2) is 0 Å². The number of amides is 2. The third-order valence-electron chi connectivity index (χ3n) is 7.92. The molecule has 0 aliphatic carbocycles. The topological polar surface area (TPSA) is 56.8 Å². The highest BCUT2D eigenvalue weighted by Gasteiger charge is 2.36. The maximum absolute atomic E-state index is 13.8. The largest absolute Gasteiger partial charge is 0.337 e. The number of carbonyl (C=O) groups is 2. The highest BCUT2D eigenvalue weighted by molar-refractivity contribution is 6.31. The number of halogens is 1. The summed E-state index contributed by atoms with van der Waals surface area (Å²) in [5, 5.41) is 0.696. The van der Waals surface area contributed by atoms with Gasteiger partial charge in [0.25, 0.3) is 0 Å². The maximum Gasteiger partial charge on any atom is 0.223 e. The van der Waals surface area contributed by atoms with E-state index in [-0.39, 0.29) is 17.9 Å². The fraction of sp³-hybridized carbons (Fsp3) is 0.387. The molecule has 2 bridgehead atoms. The van der Waals surface area contributed by atoms with Crippen LogP contribution in [-0.4, -0.2) is 51.8 Å². The summed E-state index contributed by atoms with van der Waals surface area (Å²) in [5.74, 6) is 0.139. The lowest BCUT2D eigenvalue weighted by molar-refractivity contribution is -0.132. The van der Waals surface area contributed by atoms with Crippen LogP contribution in [0.4, 0.5) is 5.69 Å². The van der Waals surface area contributed by atoms with Gasteiger partial charge in [0, 0.05) is 74.7 Å². The highest BCUT2D eigenvalue weighted by Crippen LogP contribution is 2.33. The quantitative estimate of drug-likeness (QED) is 0.438. The van der Waals surface area contributed by atoms with E-state index in [0.29, 0.717) is 43.5 Å². The smallest absolute Gasteiger partial charge is 0.223 e. The molecule has 3 heterocycles.